The molecular weight excluding hydrogens is 294 g/mol. The van der Waals surface area contributed by atoms with Crippen molar-refractivity contribution in [3.8, 4) is 17.2 Å². The van der Waals surface area contributed by atoms with Crippen LogP contribution < -0.4 is 19.5 Å². The number of benzene rings is 2. The summed E-state index contributed by atoms with van der Waals surface area (Å²) in [6, 6.07) is 14.9. The first-order valence-corrected chi connectivity index (χ1v) is 7.39. The van der Waals surface area contributed by atoms with Gasteiger partial charge in [0.05, 0.1) is 27.2 Å². The molecule has 122 valence electrons. The van der Waals surface area contributed by atoms with E-state index in [1.54, 1.807) is 14.2 Å². The fourth-order valence-corrected chi connectivity index (χ4v) is 2.12. The van der Waals surface area contributed by atoms with Crippen molar-refractivity contribution in [3.63, 3.8) is 0 Å². The Bertz CT molecular complexity index is 642. The number of hydrogen-bond acceptors (Lipinski definition) is 4. The van der Waals surface area contributed by atoms with E-state index >= 15 is 0 Å². The third-order valence-electron chi connectivity index (χ3n) is 3.32. The Hall–Kier alpha value is -2.69. The maximum Gasteiger partial charge on any atom is 0.223 e. The van der Waals surface area contributed by atoms with Gasteiger partial charge in [0.1, 0.15) is 5.75 Å². The predicted molar refractivity (Wildman–Crippen MR) is 87.9 cm³/mol. The highest BCUT2D eigenvalue weighted by molar-refractivity contribution is 5.76. The topological polar surface area (TPSA) is 56.8 Å². The van der Waals surface area contributed by atoms with Crippen molar-refractivity contribution in [3.05, 3.63) is 54.1 Å². The minimum absolute atomic E-state index is 0.0780. The van der Waals surface area contributed by atoms with Gasteiger partial charge in [0.25, 0.3) is 0 Å². The molecule has 5 heteroatoms. The van der Waals surface area contributed by atoms with Crippen LogP contribution in [0, 0.1) is 0 Å². The minimum Gasteiger partial charge on any atom is -0.496 e. The Balaban J connectivity index is 1.77. The maximum atomic E-state index is 11.9. The zero-order chi connectivity index (χ0) is 16.5. The molecule has 2 aromatic carbocycles. The van der Waals surface area contributed by atoms with Gasteiger partial charge in [0, 0.05) is 12.1 Å². The Morgan fingerprint density at radius 3 is 2.22 bits per heavy atom. The first-order chi connectivity index (χ1) is 11.2. The average Bonchev–Trinajstić information content (AvgIpc) is 2.60. The zero-order valence-corrected chi connectivity index (χ0v) is 13.4. The summed E-state index contributed by atoms with van der Waals surface area (Å²) in [7, 11) is 3.20. The first-order valence-electron chi connectivity index (χ1n) is 7.39. The Morgan fingerprint density at radius 1 is 0.913 bits per heavy atom. The number of ether oxygens (including phenoxy) is 3. The lowest BCUT2D eigenvalue weighted by molar-refractivity contribution is -0.121. The molecule has 0 fully saturated rings. The number of rotatable bonds is 8. The fourth-order valence-electron chi connectivity index (χ4n) is 2.12. The minimum atomic E-state index is -0.0780. The molecule has 0 aliphatic rings. The van der Waals surface area contributed by atoms with Crippen LogP contribution in [-0.4, -0.2) is 26.7 Å². The highest BCUT2D eigenvalue weighted by Gasteiger charge is 2.07. The van der Waals surface area contributed by atoms with E-state index in [2.05, 4.69) is 5.32 Å². The van der Waals surface area contributed by atoms with E-state index in [0.717, 1.165) is 11.3 Å². The molecule has 0 bridgehead atoms. The number of amides is 1. The lowest BCUT2D eigenvalue weighted by Gasteiger charge is -2.11. The number of methoxy groups -OCH3 is 2. The molecule has 0 heterocycles. The summed E-state index contributed by atoms with van der Waals surface area (Å²) in [6.45, 7) is 0.718. The Morgan fingerprint density at radius 2 is 1.52 bits per heavy atom. The van der Waals surface area contributed by atoms with Crippen LogP contribution in [0.5, 0.6) is 17.2 Å². The first kappa shape index (κ1) is 16.7. The second-order valence-corrected chi connectivity index (χ2v) is 4.84. The standard InChI is InChI=1S/C18H21NO4/c1-21-15-8-4-3-7-14(15)13-19-18(20)11-12-23-17-10-6-5-9-16(17)22-2/h3-10H,11-13H2,1-2H3,(H,19,20). The molecule has 0 aromatic heterocycles. The van der Waals surface area contributed by atoms with Crippen molar-refractivity contribution in [1.82, 2.24) is 5.32 Å². The lowest BCUT2D eigenvalue weighted by atomic mass is 10.2. The molecule has 2 aromatic rings. The summed E-state index contributed by atoms with van der Waals surface area (Å²) >= 11 is 0. The molecule has 5 nitrogen and oxygen atoms in total. The summed E-state index contributed by atoms with van der Waals surface area (Å²) in [5.74, 6) is 1.97. The summed E-state index contributed by atoms with van der Waals surface area (Å²) in [6.07, 6.45) is 0.271. The largest absolute Gasteiger partial charge is 0.496 e. The zero-order valence-electron chi connectivity index (χ0n) is 13.4. The molecule has 0 radical (unpaired) electrons. The van der Waals surface area contributed by atoms with Crippen LogP contribution in [0.2, 0.25) is 0 Å². The molecule has 23 heavy (non-hydrogen) atoms. The molecule has 2 rings (SSSR count). The molecule has 0 saturated carbocycles. The average molecular weight is 315 g/mol. The van der Waals surface area contributed by atoms with Gasteiger partial charge >= 0.3 is 0 Å². The third-order valence-corrected chi connectivity index (χ3v) is 3.32. The monoisotopic (exact) mass is 315 g/mol. The molecule has 0 saturated heterocycles. The van der Waals surface area contributed by atoms with Crippen LogP contribution >= 0.6 is 0 Å². The van der Waals surface area contributed by atoms with E-state index in [-0.39, 0.29) is 18.9 Å². The van der Waals surface area contributed by atoms with Gasteiger partial charge in [-0.3, -0.25) is 4.79 Å². The summed E-state index contributed by atoms with van der Waals surface area (Å²) < 4.78 is 16.0. The van der Waals surface area contributed by atoms with Gasteiger partial charge in [-0.25, -0.2) is 0 Å². The summed E-state index contributed by atoms with van der Waals surface area (Å²) in [4.78, 5) is 11.9. The quantitative estimate of drug-likeness (QED) is 0.814. The van der Waals surface area contributed by atoms with E-state index in [4.69, 9.17) is 14.2 Å². The van der Waals surface area contributed by atoms with E-state index in [1.807, 2.05) is 48.5 Å². The van der Waals surface area contributed by atoms with E-state index in [0.29, 0.717) is 18.0 Å². The molecule has 0 atom stereocenters. The van der Waals surface area contributed by atoms with Crippen molar-refractivity contribution in [2.45, 2.75) is 13.0 Å². The van der Waals surface area contributed by atoms with Gasteiger partial charge < -0.3 is 19.5 Å². The maximum absolute atomic E-state index is 11.9. The van der Waals surface area contributed by atoms with Gasteiger partial charge in [-0.15, -0.1) is 0 Å². The van der Waals surface area contributed by atoms with Crippen LogP contribution in [0.3, 0.4) is 0 Å². The predicted octanol–water partition coefficient (Wildman–Crippen LogP) is 2.79. The van der Waals surface area contributed by atoms with E-state index in [9.17, 15) is 4.79 Å². The van der Waals surface area contributed by atoms with Crippen molar-refractivity contribution in [2.24, 2.45) is 0 Å². The lowest BCUT2D eigenvalue weighted by Crippen LogP contribution is -2.24. The molecule has 0 aliphatic heterocycles. The Labute approximate surface area is 136 Å². The van der Waals surface area contributed by atoms with Crippen molar-refractivity contribution >= 4 is 5.91 Å². The van der Waals surface area contributed by atoms with Crippen LogP contribution in [0.4, 0.5) is 0 Å². The van der Waals surface area contributed by atoms with Gasteiger partial charge in [-0.1, -0.05) is 30.3 Å². The second-order valence-electron chi connectivity index (χ2n) is 4.84. The molecule has 0 unspecified atom stereocenters. The number of para-hydroxylation sites is 3. The van der Waals surface area contributed by atoms with E-state index < -0.39 is 0 Å². The number of carbonyl (C=O) groups is 1. The summed E-state index contributed by atoms with van der Waals surface area (Å²) in [5, 5.41) is 2.86. The smallest absolute Gasteiger partial charge is 0.223 e. The van der Waals surface area contributed by atoms with Crippen molar-refractivity contribution < 1.29 is 19.0 Å². The molecule has 1 N–H and O–H groups in total. The van der Waals surface area contributed by atoms with Crippen molar-refractivity contribution in [2.75, 3.05) is 20.8 Å². The molecular formula is C18H21NO4. The number of carbonyl (C=O) groups excluding carboxylic acids is 1. The molecule has 1 amide bonds. The number of nitrogens with one attached hydrogen (secondary N) is 1. The van der Waals surface area contributed by atoms with Crippen molar-refractivity contribution in [1.29, 1.82) is 0 Å². The fraction of sp³-hybridized carbons (Fsp3) is 0.278. The third kappa shape index (κ3) is 4.92. The molecule has 0 aliphatic carbocycles. The van der Waals surface area contributed by atoms with Gasteiger partial charge in [0.2, 0.25) is 5.91 Å². The molecule has 0 spiro atoms. The van der Waals surface area contributed by atoms with Gasteiger partial charge in [0.15, 0.2) is 11.5 Å². The second kappa shape index (κ2) is 8.68. The van der Waals surface area contributed by atoms with Gasteiger partial charge in [-0.05, 0) is 18.2 Å². The SMILES string of the molecule is COc1ccccc1CNC(=O)CCOc1ccccc1OC. The highest BCUT2D eigenvalue weighted by atomic mass is 16.5. The number of hydrogen-bond donors (Lipinski definition) is 1. The van der Waals surface area contributed by atoms with Crippen LogP contribution in [0.15, 0.2) is 48.5 Å². The highest BCUT2D eigenvalue weighted by Crippen LogP contribution is 2.25. The normalized spacial score (nSPS) is 10.0. The van der Waals surface area contributed by atoms with Crippen LogP contribution in [-0.2, 0) is 11.3 Å². The van der Waals surface area contributed by atoms with Crippen LogP contribution in [0.25, 0.3) is 0 Å². The van der Waals surface area contributed by atoms with Crippen LogP contribution in [0.1, 0.15) is 12.0 Å². The Kier molecular flexibility index (Phi) is 6.29. The van der Waals surface area contributed by atoms with Gasteiger partial charge in [-0.2, -0.15) is 0 Å². The van der Waals surface area contributed by atoms with E-state index in [1.165, 1.54) is 0 Å². The summed E-state index contributed by atoms with van der Waals surface area (Å²) in [5.41, 5.74) is 0.939.